The molecule has 1 aromatic carbocycles. The Hall–Kier alpha value is -2.11. The summed E-state index contributed by atoms with van der Waals surface area (Å²) in [7, 11) is 0. The van der Waals surface area contributed by atoms with Crippen molar-refractivity contribution in [2.24, 2.45) is 0 Å². The summed E-state index contributed by atoms with van der Waals surface area (Å²) in [6.45, 7) is 1.81. The topological polar surface area (TPSA) is 90.7 Å². The number of amides is 1. The number of para-hydroxylation sites is 1. The molecule has 118 valence electrons. The summed E-state index contributed by atoms with van der Waals surface area (Å²) >= 11 is 2.82. The number of nitrogens with zero attached hydrogens (tertiary/aromatic N) is 3. The lowest BCUT2D eigenvalue weighted by Gasteiger charge is -2.11. The van der Waals surface area contributed by atoms with Crippen LogP contribution < -0.4 is 10.6 Å². The van der Waals surface area contributed by atoms with Crippen molar-refractivity contribution in [3.63, 3.8) is 0 Å². The van der Waals surface area contributed by atoms with E-state index in [1.807, 2.05) is 6.92 Å². The van der Waals surface area contributed by atoms with Gasteiger partial charge < -0.3 is 10.6 Å². The third-order valence-electron chi connectivity index (χ3n) is 3.26. The Bertz CT molecular complexity index is 750. The highest BCUT2D eigenvalue weighted by Crippen LogP contribution is 2.32. The number of carbonyl (C=O) groups is 1. The van der Waals surface area contributed by atoms with Crippen LogP contribution in [0.4, 0.5) is 10.8 Å². The molecular formula is C15H15N5OS2. The van der Waals surface area contributed by atoms with E-state index in [9.17, 15) is 4.79 Å². The molecule has 2 N–H and O–H groups in total. The molecule has 3 rings (SSSR count). The second-order valence-corrected chi connectivity index (χ2v) is 7.76. The first-order valence-electron chi connectivity index (χ1n) is 7.22. The van der Waals surface area contributed by atoms with Gasteiger partial charge in [-0.05, 0) is 31.9 Å². The normalized spacial score (nSPS) is 14.8. The molecule has 0 spiro atoms. The van der Waals surface area contributed by atoms with Crippen LogP contribution in [0.2, 0.25) is 0 Å². The Kier molecular flexibility index (Phi) is 4.79. The van der Waals surface area contributed by atoms with E-state index in [2.05, 4.69) is 26.9 Å². The van der Waals surface area contributed by atoms with Gasteiger partial charge in [0.2, 0.25) is 11.0 Å². The highest BCUT2D eigenvalue weighted by molar-refractivity contribution is 8.02. The zero-order valence-corrected chi connectivity index (χ0v) is 14.1. The maximum atomic E-state index is 12.3. The second-order valence-electron chi connectivity index (χ2n) is 5.20. The molecule has 1 atom stereocenters. The minimum absolute atomic E-state index is 0.162. The first-order valence-corrected chi connectivity index (χ1v) is 8.92. The van der Waals surface area contributed by atoms with Gasteiger partial charge in [0.15, 0.2) is 4.34 Å². The van der Waals surface area contributed by atoms with Crippen LogP contribution >= 0.6 is 23.1 Å². The first-order chi connectivity index (χ1) is 11.2. The van der Waals surface area contributed by atoms with Crippen molar-refractivity contribution in [1.29, 1.82) is 5.26 Å². The number of nitrogens with one attached hydrogen (secondary N) is 2. The number of anilines is 2. The average Bonchev–Trinajstić information content (AvgIpc) is 3.26. The van der Waals surface area contributed by atoms with E-state index < -0.39 is 0 Å². The highest BCUT2D eigenvalue weighted by atomic mass is 32.2. The fourth-order valence-corrected chi connectivity index (χ4v) is 3.82. The predicted molar refractivity (Wildman–Crippen MR) is 91.7 cm³/mol. The number of aromatic nitrogens is 2. The maximum Gasteiger partial charge on any atom is 0.237 e. The molecule has 1 aliphatic carbocycles. The summed E-state index contributed by atoms with van der Waals surface area (Å²) < 4.78 is 0.754. The standard InChI is InChI=1S/C15H15N5OS2/c1-9(13(21)18-12-5-3-2-4-10(12)8-16)22-15-20-19-14(23-15)17-11-6-7-11/h2-5,9,11H,6-7H2,1H3,(H,17,19)(H,18,21)/t9-/m0/s1. The number of hydrogen-bond donors (Lipinski definition) is 2. The number of rotatable bonds is 6. The Labute approximate surface area is 142 Å². The monoisotopic (exact) mass is 345 g/mol. The number of benzene rings is 1. The van der Waals surface area contributed by atoms with Crippen molar-refractivity contribution in [2.45, 2.75) is 35.4 Å². The SMILES string of the molecule is C[C@H](Sc1nnc(NC2CC2)s1)C(=O)Nc1ccccc1C#N. The minimum Gasteiger partial charge on any atom is -0.357 e. The van der Waals surface area contributed by atoms with Crippen LogP contribution in [0.5, 0.6) is 0 Å². The Morgan fingerprint density at radius 2 is 2.22 bits per heavy atom. The third-order valence-corrected chi connectivity index (χ3v) is 5.30. The van der Waals surface area contributed by atoms with Crippen LogP contribution in [0, 0.1) is 11.3 Å². The van der Waals surface area contributed by atoms with Gasteiger partial charge in [0.25, 0.3) is 0 Å². The van der Waals surface area contributed by atoms with E-state index in [0.717, 1.165) is 9.47 Å². The summed E-state index contributed by atoms with van der Waals surface area (Å²) in [4.78, 5) is 12.3. The zero-order valence-electron chi connectivity index (χ0n) is 12.4. The zero-order chi connectivity index (χ0) is 16.2. The summed E-state index contributed by atoms with van der Waals surface area (Å²) in [6, 6.07) is 9.54. The van der Waals surface area contributed by atoms with Crippen LogP contribution in [0.3, 0.4) is 0 Å². The lowest BCUT2D eigenvalue weighted by atomic mass is 10.2. The molecule has 0 aliphatic heterocycles. The quantitative estimate of drug-likeness (QED) is 0.782. The number of nitriles is 1. The molecule has 23 heavy (non-hydrogen) atoms. The predicted octanol–water partition coefficient (Wildman–Crippen LogP) is 3.10. The minimum atomic E-state index is -0.330. The van der Waals surface area contributed by atoms with Crippen LogP contribution in [0.15, 0.2) is 28.6 Å². The van der Waals surface area contributed by atoms with E-state index in [1.54, 1.807) is 24.3 Å². The van der Waals surface area contributed by atoms with Crippen molar-refractivity contribution in [1.82, 2.24) is 10.2 Å². The maximum absolute atomic E-state index is 12.3. The molecule has 0 unspecified atom stereocenters. The van der Waals surface area contributed by atoms with Gasteiger partial charge in [-0.1, -0.05) is 35.2 Å². The van der Waals surface area contributed by atoms with Gasteiger partial charge in [-0.15, -0.1) is 10.2 Å². The summed E-state index contributed by atoms with van der Waals surface area (Å²) in [6.07, 6.45) is 2.36. The molecule has 1 aromatic heterocycles. The van der Waals surface area contributed by atoms with Gasteiger partial charge >= 0.3 is 0 Å². The van der Waals surface area contributed by atoms with Crippen LogP contribution in [-0.2, 0) is 4.79 Å². The molecule has 1 saturated carbocycles. The molecule has 0 bridgehead atoms. The highest BCUT2D eigenvalue weighted by Gasteiger charge is 2.23. The van der Waals surface area contributed by atoms with E-state index in [4.69, 9.17) is 5.26 Å². The fraction of sp³-hybridized carbons (Fsp3) is 0.333. The summed E-state index contributed by atoms with van der Waals surface area (Å²) in [5, 5.41) is 23.8. The van der Waals surface area contributed by atoms with E-state index >= 15 is 0 Å². The number of carbonyl (C=O) groups excluding carboxylic acids is 1. The summed E-state index contributed by atoms with van der Waals surface area (Å²) in [5.74, 6) is -0.162. The Balaban J connectivity index is 1.58. The Morgan fingerprint density at radius 3 is 2.96 bits per heavy atom. The van der Waals surface area contributed by atoms with E-state index in [1.165, 1.54) is 35.9 Å². The Morgan fingerprint density at radius 1 is 1.43 bits per heavy atom. The van der Waals surface area contributed by atoms with E-state index in [-0.39, 0.29) is 11.2 Å². The van der Waals surface area contributed by atoms with Gasteiger partial charge in [0.1, 0.15) is 6.07 Å². The summed E-state index contributed by atoms with van der Waals surface area (Å²) in [5.41, 5.74) is 0.977. The lowest BCUT2D eigenvalue weighted by molar-refractivity contribution is -0.115. The molecule has 1 amide bonds. The molecule has 6 nitrogen and oxygen atoms in total. The average molecular weight is 345 g/mol. The van der Waals surface area contributed by atoms with Gasteiger partial charge in [0.05, 0.1) is 16.5 Å². The van der Waals surface area contributed by atoms with Crippen LogP contribution in [-0.4, -0.2) is 27.4 Å². The molecule has 1 aliphatic rings. The van der Waals surface area contributed by atoms with Gasteiger partial charge in [-0.25, -0.2) is 0 Å². The van der Waals surface area contributed by atoms with Gasteiger partial charge in [0, 0.05) is 6.04 Å². The van der Waals surface area contributed by atoms with Crippen LogP contribution in [0.1, 0.15) is 25.3 Å². The van der Waals surface area contributed by atoms with Crippen molar-refractivity contribution < 1.29 is 4.79 Å². The second kappa shape index (κ2) is 6.98. The number of thioether (sulfide) groups is 1. The smallest absolute Gasteiger partial charge is 0.237 e. The third kappa shape index (κ3) is 4.21. The van der Waals surface area contributed by atoms with E-state index in [0.29, 0.717) is 17.3 Å². The molecule has 0 saturated heterocycles. The molecule has 1 fully saturated rings. The molecule has 1 heterocycles. The molecular weight excluding hydrogens is 330 g/mol. The number of hydrogen-bond acceptors (Lipinski definition) is 7. The lowest BCUT2D eigenvalue weighted by Crippen LogP contribution is -2.22. The van der Waals surface area contributed by atoms with Gasteiger partial charge in [-0.2, -0.15) is 5.26 Å². The molecule has 0 radical (unpaired) electrons. The fourth-order valence-electron chi connectivity index (χ4n) is 1.85. The molecule has 2 aromatic rings. The largest absolute Gasteiger partial charge is 0.357 e. The van der Waals surface area contributed by atoms with Crippen molar-refractivity contribution in [3.8, 4) is 6.07 Å². The first kappa shape index (κ1) is 15.8. The van der Waals surface area contributed by atoms with Crippen molar-refractivity contribution in [2.75, 3.05) is 10.6 Å². The van der Waals surface area contributed by atoms with Crippen molar-refractivity contribution in [3.05, 3.63) is 29.8 Å². The van der Waals surface area contributed by atoms with Gasteiger partial charge in [-0.3, -0.25) is 4.79 Å². The van der Waals surface area contributed by atoms with Crippen molar-refractivity contribution >= 4 is 39.8 Å². The molecule has 8 heteroatoms. The van der Waals surface area contributed by atoms with Crippen LogP contribution in [0.25, 0.3) is 0 Å².